The average Bonchev–Trinajstić information content (AvgIpc) is 2.60. The lowest BCUT2D eigenvalue weighted by Gasteiger charge is -2.33. The molecule has 0 fully saturated rings. The number of alkyl halides is 6. The molecule has 158 valence electrons. The molecule has 0 unspecified atom stereocenters. The van der Waals surface area contributed by atoms with Gasteiger partial charge < -0.3 is 15.1 Å². The number of aliphatic hydroxyl groups is 1. The van der Waals surface area contributed by atoms with E-state index in [4.69, 9.17) is 16.7 Å². The fourth-order valence-electron chi connectivity index (χ4n) is 2.64. The Morgan fingerprint density at radius 1 is 0.931 bits per heavy atom. The monoisotopic (exact) mass is 441 g/mol. The topological polar surface area (TPSA) is 60.8 Å². The summed E-state index contributed by atoms with van der Waals surface area (Å²) in [7, 11) is 0. The molecule has 2 aromatic rings. The normalized spacial score (nSPS) is 12.7. The zero-order chi connectivity index (χ0) is 22.0. The predicted octanol–water partition coefficient (Wildman–Crippen LogP) is 4.74. The van der Waals surface area contributed by atoms with Gasteiger partial charge in [0.2, 0.25) is 0 Å². The minimum Gasteiger partial charge on any atom is -0.480 e. The fourth-order valence-corrected chi connectivity index (χ4v) is 2.83. The van der Waals surface area contributed by atoms with Gasteiger partial charge in [0.15, 0.2) is 0 Å². The van der Waals surface area contributed by atoms with Crippen LogP contribution in [0.2, 0.25) is 5.02 Å². The van der Waals surface area contributed by atoms with E-state index in [2.05, 4.69) is 0 Å². The quantitative estimate of drug-likeness (QED) is 0.636. The lowest BCUT2D eigenvalue weighted by molar-refractivity contribution is -0.376. The van der Waals surface area contributed by atoms with E-state index in [1.54, 1.807) is 24.3 Å². The maximum Gasteiger partial charge on any atom is 0.430 e. The molecule has 0 aromatic heterocycles. The van der Waals surface area contributed by atoms with Crippen LogP contribution in [0.4, 0.5) is 32.0 Å². The summed E-state index contributed by atoms with van der Waals surface area (Å²) in [6.45, 7) is -0.651. The summed E-state index contributed by atoms with van der Waals surface area (Å²) in [6, 6.07) is 9.07. The van der Waals surface area contributed by atoms with Gasteiger partial charge in [-0.3, -0.25) is 4.79 Å². The maximum atomic E-state index is 13.0. The third kappa shape index (κ3) is 4.76. The molecule has 0 radical (unpaired) electrons. The van der Waals surface area contributed by atoms with E-state index in [9.17, 15) is 36.2 Å². The number of carbonyl (C=O) groups is 1. The van der Waals surface area contributed by atoms with Gasteiger partial charge in [0.05, 0.1) is 0 Å². The van der Waals surface area contributed by atoms with Gasteiger partial charge >= 0.3 is 18.3 Å². The van der Waals surface area contributed by atoms with Gasteiger partial charge in [0.1, 0.15) is 6.54 Å². The molecule has 0 heterocycles. The second kappa shape index (κ2) is 8.11. The number of anilines is 1. The molecule has 0 aliphatic carbocycles. The lowest BCUT2D eigenvalue weighted by atomic mass is 9.92. The Labute approximate surface area is 165 Å². The molecule has 0 spiro atoms. The highest BCUT2D eigenvalue weighted by molar-refractivity contribution is 6.31. The van der Waals surface area contributed by atoms with Crippen molar-refractivity contribution in [2.24, 2.45) is 0 Å². The molecular weight excluding hydrogens is 428 g/mol. The van der Waals surface area contributed by atoms with Crippen molar-refractivity contribution in [3.05, 3.63) is 64.7 Å². The molecule has 11 heteroatoms. The van der Waals surface area contributed by atoms with Crippen LogP contribution in [0, 0.1) is 0 Å². The van der Waals surface area contributed by atoms with Crippen LogP contribution in [0.5, 0.6) is 0 Å². The molecule has 0 amide bonds. The largest absolute Gasteiger partial charge is 0.480 e. The van der Waals surface area contributed by atoms with E-state index in [0.29, 0.717) is 22.7 Å². The first-order valence-corrected chi connectivity index (χ1v) is 8.31. The number of hydrogen-bond acceptors (Lipinski definition) is 3. The van der Waals surface area contributed by atoms with Crippen LogP contribution in [0.3, 0.4) is 0 Å². The maximum absolute atomic E-state index is 13.0. The van der Waals surface area contributed by atoms with Gasteiger partial charge in [-0.2, -0.15) is 26.3 Å². The highest BCUT2D eigenvalue weighted by Crippen LogP contribution is 2.50. The molecule has 0 aliphatic heterocycles. The van der Waals surface area contributed by atoms with E-state index in [1.165, 1.54) is 4.90 Å². The van der Waals surface area contributed by atoms with Gasteiger partial charge in [0.25, 0.3) is 5.60 Å². The van der Waals surface area contributed by atoms with Crippen LogP contribution in [-0.4, -0.2) is 35.1 Å². The molecule has 2 rings (SSSR count). The smallest absolute Gasteiger partial charge is 0.430 e. The number of halogens is 7. The van der Waals surface area contributed by atoms with Gasteiger partial charge in [-0.1, -0.05) is 41.9 Å². The number of carboxylic acids is 1. The molecule has 2 aromatic carbocycles. The molecule has 0 bridgehead atoms. The zero-order valence-corrected chi connectivity index (χ0v) is 15.2. The third-order valence-electron chi connectivity index (χ3n) is 4.12. The van der Waals surface area contributed by atoms with Crippen molar-refractivity contribution >= 4 is 23.3 Å². The van der Waals surface area contributed by atoms with Crippen molar-refractivity contribution in [2.45, 2.75) is 24.5 Å². The Bertz CT molecular complexity index is 853. The Kier molecular flexibility index (Phi) is 6.39. The molecule has 0 aliphatic rings. The highest BCUT2D eigenvalue weighted by atomic mass is 35.5. The van der Waals surface area contributed by atoms with Crippen molar-refractivity contribution in [1.82, 2.24) is 0 Å². The molecule has 0 atom stereocenters. The van der Waals surface area contributed by atoms with Gasteiger partial charge in [-0.15, -0.1) is 0 Å². The summed E-state index contributed by atoms with van der Waals surface area (Å²) in [5, 5.41) is 18.8. The van der Waals surface area contributed by atoms with E-state index in [1.807, 2.05) is 0 Å². The summed E-state index contributed by atoms with van der Waals surface area (Å²) < 4.78 is 77.9. The highest BCUT2D eigenvalue weighted by Gasteiger charge is 2.71. The second-order valence-electron chi connectivity index (χ2n) is 6.09. The predicted molar refractivity (Wildman–Crippen MR) is 92.6 cm³/mol. The first-order valence-electron chi connectivity index (χ1n) is 7.94. The van der Waals surface area contributed by atoms with Crippen molar-refractivity contribution in [3.8, 4) is 0 Å². The molecule has 0 saturated heterocycles. The van der Waals surface area contributed by atoms with Crippen LogP contribution < -0.4 is 4.90 Å². The van der Waals surface area contributed by atoms with Crippen molar-refractivity contribution < 1.29 is 41.4 Å². The minimum atomic E-state index is -6.01. The van der Waals surface area contributed by atoms with Gasteiger partial charge in [-0.05, 0) is 23.8 Å². The van der Waals surface area contributed by atoms with E-state index in [0.717, 1.165) is 12.1 Å². The third-order valence-corrected chi connectivity index (χ3v) is 4.48. The van der Waals surface area contributed by atoms with E-state index >= 15 is 0 Å². The molecular formula is C18H14ClF6NO3. The first-order chi connectivity index (χ1) is 13.3. The van der Waals surface area contributed by atoms with Crippen LogP contribution >= 0.6 is 11.6 Å². The Morgan fingerprint density at radius 3 is 1.90 bits per heavy atom. The van der Waals surface area contributed by atoms with Crippen molar-refractivity contribution in [3.63, 3.8) is 0 Å². The Hall–Kier alpha value is -2.46. The summed E-state index contributed by atoms with van der Waals surface area (Å²) >= 11 is 6.02. The summed E-state index contributed by atoms with van der Waals surface area (Å²) in [6.07, 6.45) is -12.0. The second-order valence-corrected chi connectivity index (χ2v) is 6.50. The number of aliphatic carboxylic acids is 1. The van der Waals surface area contributed by atoms with Crippen LogP contribution in [0.15, 0.2) is 48.5 Å². The molecule has 2 N–H and O–H groups in total. The van der Waals surface area contributed by atoms with E-state index < -0.39 is 36.0 Å². The van der Waals surface area contributed by atoms with Crippen molar-refractivity contribution in [2.75, 3.05) is 11.4 Å². The molecule has 4 nitrogen and oxygen atoms in total. The number of carboxylic acid groups (broad SMARTS) is 1. The Balaban J connectivity index is 2.43. The average molecular weight is 442 g/mol. The molecule has 29 heavy (non-hydrogen) atoms. The summed E-state index contributed by atoms with van der Waals surface area (Å²) in [5.41, 5.74) is -5.96. The molecule has 0 saturated carbocycles. The standard InChI is InChI=1S/C18H14ClF6NO3/c19-14-4-2-1-3-11(14)9-26(10-15(27)28)13-7-5-12(6-8-13)16(29,17(20,21)22)18(23,24)25/h1-8,29H,9-10H2,(H,27,28). The number of nitrogens with zero attached hydrogens (tertiary/aromatic N) is 1. The fraction of sp³-hybridized carbons (Fsp3) is 0.278. The van der Waals surface area contributed by atoms with Crippen molar-refractivity contribution in [1.29, 1.82) is 0 Å². The zero-order valence-electron chi connectivity index (χ0n) is 14.4. The minimum absolute atomic E-state index is 0.0303. The van der Waals surface area contributed by atoms with Gasteiger partial charge in [0, 0.05) is 22.8 Å². The first kappa shape index (κ1) is 22.8. The summed E-state index contributed by atoms with van der Waals surface area (Å²) in [4.78, 5) is 12.3. The summed E-state index contributed by atoms with van der Waals surface area (Å²) in [5.74, 6) is -1.27. The number of rotatable bonds is 6. The SMILES string of the molecule is O=C(O)CN(Cc1ccccc1Cl)c1ccc(C(O)(C(F)(F)F)C(F)(F)F)cc1. The number of benzene rings is 2. The lowest BCUT2D eigenvalue weighted by Crippen LogP contribution is -2.53. The van der Waals surface area contributed by atoms with Gasteiger partial charge in [-0.25, -0.2) is 0 Å². The van der Waals surface area contributed by atoms with Crippen LogP contribution in [0.25, 0.3) is 0 Å². The van der Waals surface area contributed by atoms with E-state index in [-0.39, 0.29) is 12.2 Å². The number of hydrogen-bond donors (Lipinski definition) is 2. The Morgan fingerprint density at radius 2 is 1.45 bits per heavy atom. The van der Waals surface area contributed by atoms with Crippen LogP contribution in [-0.2, 0) is 16.9 Å². The van der Waals surface area contributed by atoms with Crippen LogP contribution in [0.1, 0.15) is 11.1 Å².